The summed E-state index contributed by atoms with van der Waals surface area (Å²) in [5.41, 5.74) is 0.603. The van der Waals surface area contributed by atoms with Gasteiger partial charge in [-0.25, -0.2) is 23.7 Å². The number of halogens is 2. The van der Waals surface area contributed by atoms with Crippen molar-refractivity contribution < 1.29 is 13.5 Å². The topological polar surface area (TPSA) is 47.9 Å². The van der Waals surface area contributed by atoms with Crippen molar-refractivity contribution in [3.05, 3.63) is 59.4 Å². The van der Waals surface area contributed by atoms with E-state index in [4.69, 9.17) is 4.74 Å². The Balaban J connectivity index is 1.72. The lowest BCUT2D eigenvalue weighted by Crippen LogP contribution is -1.98. The van der Waals surface area contributed by atoms with Gasteiger partial charge in [0, 0.05) is 23.8 Å². The minimum atomic E-state index is -0.613. The molecule has 1 aromatic carbocycles. The summed E-state index contributed by atoms with van der Waals surface area (Å²) in [6, 6.07) is 4.78. The van der Waals surface area contributed by atoms with E-state index < -0.39 is 11.6 Å². The van der Waals surface area contributed by atoms with Crippen LogP contribution < -0.4 is 4.74 Å². The second-order valence-electron chi connectivity index (χ2n) is 4.08. The van der Waals surface area contributed by atoms with Crippen LogP contribution in [0.3, 0.4) is 0 Å². The number of nitrogens with zero attached hydrogens (tertiary/aromatic N) is 3. The molecule has 0 radical (unpaired) electrons. The van der Waals surface area contributed by atoms with Gasteiger partial charge in [-0.05, 0) is 18.2 Å². The van der Waals surface area contributed by atoms with Crippen LogP contribution in [0.4, 0.5) is 8.78 Å². The van der Waals surface area contributed by atoms with Gasteiger partial charge in [0.25, 0.3) is 0 Å². The third kappa shape index (κ3) is 3.19. The molecular formula is C14H9F2N3OS. The lowest BCUT2D eigenvalue weighted by atomic mass is 10.3. The normalized spacial score (nSPS) is 10.6. The Bertz CT molecular complexity index is 749. The molecular weight excluding hydrogens is 296 g/mol. The number of rotatable bonds is 4. The number of benzene rings is 1. The van der Waals surface area contributed by atoms with Crippen LogP contribution >= 0.6 is 11.3 Å². The molecule has 2 aromatic heterocycles. The SMILES string of the molecule is Fc1ccc(F)c(OCc2csc(-c3ncccn3)n2)c1. The smallest absolute Gasteiger partial charge is 0.188 e. The van der Waals surface area contributed by atoms with Crippen LogP contribution in [0.25, 0.3) is 10.8 Å². The molecule has 21 heavy (non-hydrogen) atoms. The highest BCUT2D eigenvalue weighted by molar-refractivity contribution is 7.13. The van der Waals surface area contributed by atoms with Gasteiger partial charge < -0.3 is 4.74 Å². The summed E-state index contributed by atoms with van der Waals surface area (Å²) in [6.45, 7) is 0.0453. The largest absolute Gasteiger partial charge is 0.484 e. The van der Waals surface area contributed by atoms with E-state index in [0.717, 1.165) is 18.2 Å². The number of hydrogen-bond donors (Lipinski definition) is 0. The third-order valence-electron chi connectivity index (χ3n) is 2.58. The van der Waals surface area contributed by atoms with E-state index in [2.05, 4.69) is 15.0 Å². The minimum Gasteiger partial charge on any atom is -0.484 e. The van der Waals surface area contributed by atoms with E-state index in [9.17, 15) is 8.78 Å². The molecule has 0 aliphatic carbocycles. The number of ether oxygens (including phenoxy) is 1. The minimum absolute atomic E-state index is 0.0453. The molecule has 0 amide bonds. The molecule has 0 aliphatic heterocycles. The Morgan fingerprint density at radius 1 is 1.14 bits per heavy atom. The summed E-state index contributed by atoms with van der Waals surface area (Å²) in [5, 5.41) is 2.41. The van der Waals surface area contributed by atoms with Gasteiger partial charge in [0.1, 0.15) is 12.4 Å². The van der Waals surface area contributed by atoms with Gasteiger partial charge in [0.05, 0.1) is 5.69 Å². The van der Waals surface area contributed by atoms with Crippen molar-refractivity contribution >= 4 is 11.3 Å². The van der Waals surface area contributed by atoms with Crippen molar-refractivity contribution in [3.63, 3.8) is 0 Å². The maximum atomic E-state index is 13.4. The first-order valence-electron chi connectivity index (χ1n) is 6.02. The first kappa shape index (κ1) is 13.6. The van der Waals surface area contributed by atoms with E-state index in [1.54, 1.807) is 23.8 Å². The Morgan fingerprint density at radius 3 is 2.76 bits per heavy atom. The van der Waals surface area contributed by atoms with Gasteiger partial charge in [0.2, 0.25) is 0 Å². The quantitative estimate of drug-likeness (QED) is 0.740. The van der Waals surface area contributed by atoms with Crippen molar-refractivity contribution in [1.82, 2.24) is 15.0 Å². The average Bonchev–Trinajstić information content (AvgIpc) is 2.98. The van der Waals surface area contributed by atoms with Crippen LogP contribution in [0.1, 0.15) is 5.69 Å². The highest BCUT2D eigenvalue weighted by Gasteiger charge is 2.09. The molecule has 0 N–H and O–H groups in total. The lowest BCUT2D eigenvalue weighted by molar-refractivity contribution is 0.285. The van der Waals surface area contributed by atoms with E-state index in [0.29, 0.717) is 16.5 Å². The maximum Gasteiger partial charge on any atom is 0.188 e. The first-order chi connectivity index (χ1) is 10.2. The second kappa shape index (κ2) is 5.92. The van der Waals surface area contributed by atoms with Crippen LogP contribution in [0.15, 0.2) is 42.0 Å². The number of aromatic nitrogens is 3. The second-order valence-corrected chi connectivity index (χ2v) is 4.94. The molecule has 106 valence electrons. The Kier molecular flexibility index (Phi) is 3.83. The first-order valence-corrected chi connectivity index (χ1v) is 6.90. The van der Waals surface area contributed by atoms with E-state index in [-0.39, 0.29) is 12.4 Å². The Morgan fingerprint density at radius 2 is 1.95 bits per heavy atom. The molecule has 7 heteroatoms. The molecule has 0 spiro atoms. The van der Waals surface area contributed by atoms with Gasteiger partial charge in [0.15, 0.2) is 22.4 Å². The summed E-state index contributed by atoms with van der Waals surface area (Å²) < 4.78 is 31.7. The molecule has 4 nitrogen and oxygen atoms in total. The van der Waals surface area contributed by atoms with Gasteiger partial charge in [-0.2, -0.15) is 0 Å². The van der Waals surface area contributed by atoms with Gasteiger partial charge in [-0.15, -0.1) is 11.3 Å². The fourth-order valence-corrected chi connectivity index (χ4v) is 2.37. The molecule has 0 atom stereocenters. The molecule has 0 saturated carbocycles. The van der Waals surface area contributed by atoms with E-state index in [1.807, 2.05) is 0 Å². The summed E-state index contributed by atoms with van der Waals surface area (Å²) in [6.07, 6.45) is 3.25. The van der Waals surface area contributed by atoms with Crippen LogP contribution in [-0.4, -0.2) is 15.0 Å². The highest BCUT2D eigenvalue weighted by Crippen LogP contribution is 2.22. The third-order valence-corrected chi connectivity index (χ3v) is 3.46. The van der Waals surface area contributed by atoms with Crippen LogP contribution in [0, 0.1) is 11.6 Å². The molecule has 2 heterocycles. The summed E-state index contributed by atoms with van der Waals surface area (Å²) in [4.78, 5) is 12.5. The number of hydrogen-bond acceptors (Lipinski definition) is 5. The Labute approximate surface area is 123 Å². The predicted octanol–water partition coefficient (Wildman–Crippen LogP) is 3.46. The van der Waals surface area contributed by atoms with Crippen molar-refractivity contribution in [1.29, 1.82) is 0 Å². The van der Waals surface area contributed by atoms with E-state index in [1.165, 1.54) is 11.3 Å². The summed E-state index contributed by atoms with van der Waals surface area (Å²) in [7, 11) is 0. The molecule has 3 rings (SSSR count). The molecule has 0 aliphatic rings. The van der Waals surface area contributed by atoms with Crippen LogP contribution in [-0.2, 0) is 6.61 Å². The van der Waals surface area contributed by atoms with Crippen molar-refractivity contribution in [2.45, 2.75) is 6.61 Å². The van der Waals surface area contributed by atoms with Crippen LogP contribution in [0.2, 0.25) is 0 Å². The fourth-order valence-electron chi connectivity index (χ4n) is 1.63. The Hall–Kier alpha value is -2.41. The number of thiazole rings is 1. The van der Waals surface area contributed by atoms with E-state index >= 15 is 0 Å². The lowest BCUT2D eigenvalue weighted by Gasteiger charge is -2.05. The van der Waals surface area contributed by atoms with Gasteiger partial charge in [-0.3, -0.25) is 0 Å². The van der Waals surface area contributed by atoms with Crippen LogP contribution in [0.5, 0.6) is 5.75 Å². The van der Waals surface area contributed by atoms with Gasteiger partial charge >= 0.3 is 0 Å². The monoisotopic (exact) mass is 305 g/mol. The average molecular weight is 305 g/mol. The maximum absolute atomic E-state index is 13.4. The highest BCUT2D eigenvalue weighted by atomic mass is 32.1. The van der Waals surface area contributed by atoms with Crippen molar-refractivity contribution in [2.24, 2.45) is 0 Å². The fraction of sp³-hybridized carbons (Fsp3) is 0.0714. The molecule has 3 aromatic rings. The van der Waals surface area contributed by atoms with Crippen molar-refractivity contribution in [3.8, 4) is 16.6 Å². The standard InChI is InChI=1S/C14H9F2N3OS/c15-9-2-3-11(16)12(6-9)20-7-10-8-21-14(19-10)13-17-4-1-5-18-13/h1-6,8H,7H2. The van der Waals surface area contributed by atoms with Gasteiger partial charge in [-0.1, -0.05) is 0 Å². The zero-order valence-electron chi connectivity index (χ0n) is 10.7. The predicted molar refractivity (Wildman–Crippen MR) is 73.8 cm³/mol. The summed E-state index contributed by atoms with van der Waals surface area (Å²) in [5.74, 6) is -0.785. The molecule has 0 saturated heterocycles. The molecule has 0 bridgehead atoms. The molecule has 0 fully saturated rings. The van der Waals surface area contributed by atoms with Crippen molar-refractivity contribution in [2.75, 3.05) is 0 Å². The zero-order chi connectivity index (χ0) is 14.7. The zero-order valence-corrected chi connectivity index (χ0v) is 11.5. The summed E-state index contributed by atoms with van der Waals surface area (Å²) >= 11 is 1.36. The molecule has 0 unspecified atom stereocenters.